The summed E-state index contributed by atoms with van der Waals surface area (Å²) in [4.78, 5) is 0. The van der Waals surface area contributed by atoms with E-state index in [-0.39, 0.29) is 0 Å². The molecule has 0 aliphatic rings. The van der Waals surface area contributed by atoms with Crippen molar-refractivity contribution in [3.05, 3.63) is 151 Å². The van der Waals surface area contributed by atoms with Crippen molar-refractivity contribution < 1.29 is 0 Å². The molecule has 0 N–H and O–H groups in total. The third kappa shape index (κ3) is 4.90. The van der Waals surface area contributed by atoms with Crippen LogP contribution in [0.15, 0.2) is 117 Å². The first-order valence-corrected chi connectivity index (χ1v) is 14.0. The largest absolute Gasteiger partial charge is 0.310 e. The third-order valence-corrected chi connectivity index (χ3v) is 7.53. The molecule has 5 aromatic rings. The van der Waals surface area contributed by atoms with Crippen molar-refractivity contribution in [2.24, 2.45) is 0 Å². The molecule has 0 radical (unpaired) electrons. The molecule has 0 amide bonds. The number of nitrogens with zero attached hydrogens (tertiary/aromatic N) is 2. The predicted octanol–water partition coefficient (Wildman–Crippen LogP) is 10.9. The minimum atomic E-state index is 1.08. The Balaban J connectivity index is 1.55. The van der Waals surface area contributed by atoms with Crippen LogP contribution in [0.1, 0.15) is 47.6 Å². The van der Waals surface area contributed by atoms with Crippen LogP contribution in [0.3, 0.4) is 0 Å². The maximum Gasteiger partial charge on any atom is 0.0541 e. The van der Waals surface area contributed by atoms with E-state index in [1.54, 1.807) is 0 Å². The molecule has 0 unspecified atom stereocenters. The topological polar surface area (TPSA) is 9.86 Å². The Morgan fingerprint density at radius 1 is 0.585 bits per heavy atom. The number of hydrogen-bond acceptors (Lipinski definition) is 0. The highest BCUT2D eigenvalue weighted by atomic mass is 15.0. The van der Waals surface area contributed by atoms with Gasteiger partial charge in [0.2, 0.25) is 0 Å². The van der Waals surface area contributed by atoms with E-state index in [0.29, 0.717) is 0 Å². The molecule has 0 saturated heterocycles. The van der Waals surface area contributed by atoms with Gasteiger partial charge in [0.05, 0.1) is 16.9 Å². The van der Waals surface area contributed by atoms with E-state index in [0.717, 1.165) is 34.0 Å². The lowest BCUT2D eigenvalue weighted by Crippen LogP contribution is -2.00. The summed E-state index contributed by atoms with van der Waals surface area (Å²) in [5.41, 5.74) is 12.6. The van der Waals surface area contributed by atoms with E-state index < -0.39 is 0 Å². The monoisotopic (exact) mass is 532 g/mol. The Morgan fingerprint density at radius 3 is 1.68 bits per heavy atom. The van der Waals surface area contributed by atoms with Crippen molar-refractivity contribution in [1.29, 1.82) is 0 Å². The van der Waals surface area contributed by atoms with Crippen LogP contribution in [0.2, 0.25) is 0 Å². The van der Waals surface area contributed by atoms with Crippen LogP contribution in [0, 0.1) is 6.92 Å². The predicted molar refractivity (Wildman–Crippen MR) is 182 cm³/mol. The van der Waals surface area contributed by atoms with Gasteiger partial charge in [0.25, 0.3) is 0 Å². The van der Waals surface area contributed by atoms with E-state index in [2.05, 4.69) is 146 Å². The summed E-state index contributed by atoms with van der Waals surface area (Å²) >= 11 is 0. The highest BCUT2D eigenvalue weighted by Crippen LogP contribution is 2.34. The standard InChI is InChI=1S/C39H36N2/c1-7-12-18-38-28(6)33(15-8-2)36(10-4)40(38)31-24-20-29(21-25-31)30-22-26-32(27-23-30)41-37(11-5)34(16-9-3)35-17-13-14-19-39(35)41/h7-27H,1,4-5H2,2-3,6H3/b15-8-,16-9-,18-12-. The smallest absolute Gasteiger partial charge is 0.0541 e. The second-order valence-electron chi connectivity index (χ2n) is 9.89. The van der Waals surface area contributed by atoms with Gasteiger partial charge >= 0.3 is 0 Å². The Labute approximate surface area is 243 Å². The highest BCUT2D eigenvalue weighted by molar-refractivity contribution is 5.95. The zero-order chi connectivity index (χ0) is 28.9. The second-order valence-corrected chi connectivity index (χ2v) is 9.89. The number of para-hydroxylation sites is 1. The summed E-state index contributed by atoms with van der Waals surface area (Å²) in [6.07, 6.45) is 18.2. The number of allylic oxidation sites excluding steroid dienone is 4. The van der Waals surface area contributed by atoms with Crippen molar-refractivity contribution in [3.63, 3.8) is 0 Å². The van der Waals surface area contributed by atoms with Crippen LogP contribution >= 0.6 is 0 Å². The SMILES string of the molecule is C=C/C=C\c1c(C)c(/C=C\C)c(C=C)n1-c1ccc(-c2ccc(-n3c(C=C)c(/C=C\C)c4ccccc43)cc2)cc1. The van der Waals surface area contributed by atoms with E-state index in [9.17, 15) is 0 Å². The van der Waals surface area contributed by atoms with Crippen molar-refractivity contribution in [1.82, 2.24) is 9.13 Å². The Hall–Kier alpha value is -5.08. The fraction of sp³-hybridized carbons (Fsp3) is 0.0769. The maximum absolute atomic E-state index is 4.13. The molecule has 0 saturated carbocycles. The Kier molecular flexibility index (Phi) is 8.03. The zero-order valence-electron chi connectivity index (χ0n) is 24.1. The van der Waals surface area contributed by atoms with Gasteiger partial charge in [-0.25, -0.2) is 0 Å². The number of fused-ring (bicyclic) bond motifs is 1. The number of aromatic nitrogens is 2. The molecule has 2 heteroatoms. The van der Waals surface area contributed by atoms with Crippen LogP contribution in [0.25, 0.3) is 63.8 Å². The van der Waals surface area contributed by atoms with Gasteiger partial charge in [0.15, 0.2) is 0 Å². The quantitative estimate of drug-likeness (QED) is 0.167. The lowest BCUT2D eigenvalue weighted by Gasteiger charge is -2.13. The minimum absolute atomic E-state index is 1.08. The first kappa shape index (κ1) is 27.5. The molecule has 41 heavy (non-hydrogen) atoms. The van der Waals surface area contributed by atoms with Gasteiger partial charge in [-0.05, 0) is 86.0 Å². The van der Waals surface area contributed by atoms with E-state index in [4.69, 9.17) is 0 Å². The molecule has 2 aromatic heterocycles. The number of hydrogen-bond donors (Lipinski definition) is 0. The molecule has 0 aliphatic carbocycles. The van der Waals surface area contributed by atoms with Crippen molar-refractivity contribution in [2.75, 3.05) is 0 Å². The Bertz CT molecular complexity index is 1830. The number of rotatable bonds is 9. The normalized spacial score (nSPS) is 11.8. The van der Waals surface area contributed by atoms with Gasteiger partial charge in [-0.2, -0.15) is 0 Å². The first-order chi connectivity index (χ1) is 20.1. The van der Waals surface area contributed by atoms with Crippen molar-refractivity contribution >= 4 is 41.3 Å². The summed E-state index contributed by atoms with van der Waals surface area (Å²) in [5, 5.41) is 1.22. The van der Waals surface area contributed by atoms with Crippen LogP contribution in [0.4, 0.5) is 0 Å². The van der Waals surface area contributed by atoms with Gasteiger partial charge in [0, 0.05) is 33.6 Å². The van der Waals surface area contributed by atoms with Gasteiger partial charge in [-0.3, -0.25) is 0 Å². The van der Waals surface area contributed by atoms with Crippen molar-refractivity contribution in [2.45, 2.75) is 20.8 Å². The van der Waals surface area contributed by atoms with Gasteiger partial charge in [-0.1, -0.05) is 98.7 Å². The molecule has 2 heterocycles. The van der Waals surface area contributed by atoms with Gasteiger partial charge in [0.1, 0.15) is 0 Å². The van der Waals surface area contributed by atoms with Gasteiger partial charge < -0.3 is 9.13 Å². The average Bonchev–Trinajstić information content (AvgIpc) is 3.47. The highest BCUT2D eigenvalue weighted by Gasteiger charge is 2.17. The van der Waals surface area contributed by atoms with Crippen LogP contribution in [-0.4, -0.2) is 9.13 Å². The van der Waals surface area contributed by atoms with E-state index >= 15 is 0 Å². The third-order valence-electron chi connectivity index (χ3n) is 7.53. The number of benzene rings is 3. The minimum Gasteiger partial charge on any atom is -0.310 e. The molecule has 0 fully saturated rings. The Morgan fingerprint density at radius 2 is 1.12 bits per heavy atom. The van der Waals surface area contributed by atoms with Gasteiger partial charge in [-0.15, -0.1) is 0 Å². The molecule has 3 aromatic carbocycles. The molecular weight excluding hydrogens is 496 g/mol. The fourth-order valence-electron chi connectivity index (χ4n) is 5.67. The summed E-state index contributed by atoms with van der Waals surface area (Å²) in [6, 6.07) is 26.0. The molecule has 0 atom stereocenters. The van der Waals surface area contributed by atoms with Crippen LogP contribution in [0.5, 0.6) is 0 Å². The summed E-state index contributed by atoms with van der Waals surface area (Å²) < 4.78 is 4.55. The molecule has 202 valence electrons. The fourth-order valence-corrected chi connectivity index (χ4v) is 5.67. The van der Waals surface area contributed by atoms with E-state index in [1.165, 1.54) is 33.2 Å². The van der Waals surface area contributed by atoms with Crippen LogP contribution in [-0.2, 0) is 0 Å². The van der Waals surface area contributed by atoms with Crippen molar-refractivity contribution in [3.8, 4) is 22.5 Å². The maximum atomic E-state index is 4.13. The lowest BCUT2D eigenvalue weighted by molar-refractivity contribution is 1.04. The molecule has 0 aliphatic heterocycles. The molecule has 0 bridgehead atoms. The zero-order valence-corrected chi connectivity index (χ0v) is 24.1. The van der Waals surface area contributed by atoms with Crippen LogP contribution < -0.4 is 0 Å². The second kappa shape index (κ2) is 12.0. The molecular formula is C39H36N2. The van der Waals surface area contributed by atoms with E-state index in [1.807, 2.05) is 31.2 Å². The molecule has 5 rings (SSSR count). The summed E-state index contributed by atoms with van der Waals surface area (Å²) in [7, 11) is 0. The molecule has 2 nitrogen and oxygen atoms in total. The summed E-state index contributed by atoms with van der Waals surface area (Å²) in [5.74, 6) is 0. The summed E-state index contributed by atoms with van der Waals surface area (Å²) in [6.45, 7) is 18.4. The average molecular weight is 533 g/mol. The molecule has 0 spiro atoms. The first-order valence-electron chi connectivity index (χ1n) is 14.0. The lowest BCUT2D eigenvalue weighted by atomic mass is 10.0.